The number of benzene rings is 2. The summed E-state index contributed by atoms with van der Waals surface area (Å²) in [5.74, 6) is -0.844. The molecule has 8 nitrogen and oxygen atoms in total. The first-order valence-electron chi connectivity index (χ1n) is 11.0. The largest absolute Gasteiger partial charge is 0.449 e. The van der Waals surface area contributed by atoms with Gasteiger partial charge in [0.25, 0.3) is 15.9 Å². The molecule has 1 fully saturated rings. The Morgan fingerprint density at radius 3 is 2.21 bits per heavy atom. The number of amides is 1. The molecular formula is C24H31N3O5S. The van der Waals surface area contributed by atoms with Gasteiger partial charge in [-0.15, -0.1) is 0 Å². The zero-order valence-electron chi connectivity index (χ0n) is 19.5. The Kier molecular flexibility index (Phi) is 7.76. The average molecular weight is 474 g/mol. The zero-order valence-corrected chi connectivity index (χ0v) is 20.3. The lowest BCUT2D eigenvalue weighted by Crippen LogP contribution is -2.51. The lowest BCUT2D eigenvalue weighted by atomic mass is 10.1. The minimum Gasteiger partial charge on any atom is -0.449 e. The third kappa shape index (κ3) is 6.11. The number of hydrogen-bond acceptors (Lipinski definition) is 6. The number of ether oxygens (including phenoxy) is 1. The SMILES string of the molecule is CCN1CCN(C(=O)[C@@H](C)OC(=O)c2ccc(NS(=O)(=O)c3ccc(C)c(C)c3)cc2)CC1. The first-order valence-corrected chi connectivity index (χ1v) is 12.5. The fourth-order valence-corrected chi connectivity index (χ4v) is 4.73. The maximum atomic E-state index is 12.6. The molecule has 1 aliphatic heterocycles. The molecule has 1 amide bonds. The van der Waals surface area contributed by atoms with Crippen molar-refractivity contribution in [3.05, 3.63) is 59.2 Å². The molecule has 0 bridgehead atoms. The summed E-state index contributed by atoms with van der Waals surface area (Å²) < 4.78 is 33.2. The van der Waals surface area contributed by atoms with Crippen LogP contribution in [-0.4, -0.2) is 68.9 Å². The summed E-state index contributed by atoms with van der Waals surface area (Å²) in [5.41, 5.74) is 2.45. The van der Waals surface area contributed by atoms with Crippen molar-refractivity contribution in [1.82, 2.24) is 9.80 Å². The highest BCUT2D eigenvalue weighted by Gasteiger charge is 2.27. The van der Waals surface area contributed by atoms with Crippen molar-refractivity contribution in [2.75, 3.05) is 37.4 Å². The molecule has 1 aliphatic rings. The Bertz CT molecular complexity index is 1110. The fourth-order valence-electron chi connectivity index (χ4n) is 3.59. The molecule has 0 aromatic heterocycles. The van der Waals surface area contributed by atoms with Gasteiger partial charge in [-0.1, -0.05) is 13.0 Å². The standard InChI is InChI=1S/C24H31N3O5S/c1-5-26-12-14-27(15-13-26)23(28)19(4)32-24(29)20-7-9-21(10-8-20)25-33(30,31)22-11-6-17(2)18(3)16-22/h6-11,16,19,25H,5,12-15H2,1-4H3/t19-/m1/s1. The van der Waals surface area contributed by atoms with E-state index in [1.165, 1.54) is 24.3 Å². The number of piperazine rings is 1. The van der Waals surface area contributed by atoms with Crippen molar-refractivity contribution in [1.29, 1.82) is 0 Å². The van der Waals surface area contributed by atoms with Gasteiger partial charge in [0, 0.05) is 31.9 Å². The monoisotopic (exact) mass is 473 g/mol. The van der Waals surface area contributed by atoms with Crippen molar-refractivity contribution in [3.63, 3.8) is 0 Å². The number of anilines is 1. The second-order valence-corrected chi connectivity index (χ2v) is 9.92. The molecule has 0 unspecified atom stereocenters. The number of carbonyl (C=O) groups excluding carboxylic acids is 2. The van der Waals surface area contributed by atoms with E-state index in [2.05, 4.69) is 16.5 Å². The zero-order chi connectivity index (χ0) is 24.2. The van der Waals surface area contributed by atoms with Crippen molar-refractivity contribution in [3.8, 4) is 0 Å². The molecule has 3 rings (SSSR count). The number of esters is 1. The summed E-state index contributed by atoms with van der Waals surface area (Å²) in [5, 5.41) is 0. The van der Waals surface area contributed by atoms with Crippen molar-refractivity contribution in [2.24, 2.45) is 0 Å². The number of rotatable bonds is 7. The van der Waals surface area contributed by atoms with Crippen LogP contribution in [0.25, 0.3) is 0 Å². The molecule has 0 saturated carbocycles. The van der Waals surface area contributed by atoms with Crippen LogP contribution in [0.4, 0.5) is 5.69 Å². The summed E-state index contributed by atoms with van der Waals surface area (Å²) in [6, 6.07) is 10.9. The molecule has 0 spiro atoms. The predicted molar refractivity (Wildman–Crippen MR) is 127 cm³/mol. The van der Waals surface area contributed by atoms with E-state index >= 15 is 0 Å². The van der Waals surface area contributed by atoms with Gasteiger partial charge in [-0.05, 0) is 74.8 Å². The van der Waals surface area contributed by atoms with E-state index in [0.717, 1.165) is 30.8 Å². The van der Waals surface area contributed by atoms with Crippen LogP contribution in [-0.2, 0) is 19.6 Å². The van der Waals surface area contributed by atoms with Crippen LogP contribution in [0, 0.1) is 13.8 Å². The normalized spacial score (nSPS) is 15.7. The lowest BCUT2D eigenvalue weighted by molar-refractivity contribution is -0.141. The van der Waals surface area contributed by atoms with Gasteiger partial charge < -0.3 is 14.5 Å². The van der Waals surface area contributed by atoms with Crippen molar-refractivity contribution in [2.45, 2.75) is 38.7 Å². The molecule has 0 aliphatic carbocycles. The van der Waals surface area contributed by atoms with Gasteiger partial charge in [0.15, 0.2) is 6.10 Å². The fraction of sp³-hybridized carbons (Fsp3) is 0.417. The van der Waals surface area contributed by atoms with Gasteiger partial charge in [0.2, 0.25) is 0 Å². The maximum Gasteiger partial charge on any atom is 0.338 e. The third-order valence-corrected chi connectivity index (χ3v) is 7.30. The number of aryl methyl sites for hydroxylation is 2. The molecule has 0 radical (unpaired) electrons. The van der Waals surface area contributed by atoms with Gasteiger partial charge in [-0.25, -0.2) is 13.2 Å². The minimum atomic E-state index is -3.75. The first-order chi connectivity index (χ1) is 15.6. The first kappa shape index (κ1) is 24.7. The van der Waals surface area contributed by atoms with Gasteiger partial charge >= 0.3 is 5.97 Å². The topological polar surface area (TPSA) is 96.0 Å². The van der Waals surface area contributed by atoms with E-state index in [9.17, 15) is 18.0 Å². The van der Waals surface area contributed by atoms with E-state index in [-0.39, 0.29) is 16.4 Å². The summed E-state index contributed by atoms with van der Waals surface area (Å²) in [6.45, 7) is 11.2. The highest BCUT2D eigenvalue weighted by molar-refractivity contribution is 7.92. The van der Waals surface area contributed by atoms with Crippen molar-refractivity contribution >= 4 is 27.6 Å². The summed E-state index contributed by atoms with van der Waals surface area (Å²) >= 11 is 0. The Labute approximate surface area is 195 Å². The minimum absolute atomic E-state index is 0.168. The highest BCUT2D eigenvalue weighted by Crippen LogP contribution is 2.20. The van der Waals surface area contributed by atoms with Crippen LogP contribution in [0.15, 0.2) is 47.4 Å². The second kappa shape index (κ2) is 10.4. The van der Waals surface area contributed by atoms with Crippen LogP contribution < -0.4 is 4.72 Å². The number of carbonyl (C=O) groups is 2. The van der Waals surface area contributed by atoms with Crippen LogP contribution in [0.2, 0.25) is 0 Å². The quantitative estimate of drug-likeness (QED) is 0.622. The Morgan fingerprint density at radius 1 is 1.00 bits per heavy atom. The Hall–Kier alpha value is -2.91. The van der Waals surface area contributed by atoms with Crippen LogP contribution in [0.1, 0.15) is 35.3 Å². The van der Waals surface area contributed by atoms with E-state index < -0.39 is 22.1 Å². The molecule has 1 N–H and O–H groups in total. The van der Waals surface area contributed by atoms with Gasteiger partial charge in [0.05, 0.1) is 10.5 Å². The highest BCUT2D eigenvalue weighted by atomic mass is 32.2. The van der Waals surface area contributed by atoms with E-state index in [4.69, 9.17) is 4.74 Å². The van der Waals surface area contributed by atoms with Gasteiger partial charge in [-0.3, -0.25) is 9.52 Å². The van der Waals surface area contributed by atoms with E-state index in [1.807, 2.05) is 13.8 Å². The lowest BCUT2D eigenvalue weighted by Gasteiger charge is -2.35. The average Bonchev–Trinajstić information content (AvgIpc) is 2.80. The number of nitrogens with zero attached hydrogens (tertiary/aromatic N) is 2. The van der Waals surface area contributed by atoms with Crippen LogP contribution >= 0.6 is 0 Å². The van der Waals surface area contributed by atoms with Crippen LogP contribution in [0.3, 0.4) is 0 Å². The number of nitrogens with one attached hydrogen (secondary N) is 1. The second-order valence-electron chi connectivity index (χ2n) is 8.24. The molecule has 33 heavy (non-hydrogen) atoms. The molecule has 2 aromatic rings. The summed E-state index contributed by atoms with van der Waals surface area (Å²) in [6.07, 6.45) is -0.895. The summed E-state index contributed by atoms with van der Waals surface area (Å²) in [7, 11) is -3.75. The van der Waals surface area contributed by atoms with Crippen LogP contribution in [0.5, 0.6) is 0 Å². The molecule has 1 atom stereocenters. The van der Waals surface area contributed by atoms with Gasteiger partial charge in [-0.2, -0.15) is 0 Å². The van der Waals surface area contributed by atoms with Gasteiger partial charge in [0.1, 0.15) is 0 Å². The molecule has 2 aromatic carbocycles. The number of hydrogen-bond donors (Lipinski definition) is 1. The molecule has 1 saturated heterocycles. The molecular weight excluding hydrogens is 442 g/mol. The third-order valence-electron chi connectivity index (χ3n) is 5.92. The number of likely N-dealkylation sites (N-methyl/N-ethyl adjacent to an activating group) is 1. The van der Waals surface area contributed by atoms with Crippen molar-refractivity contribution < 1.29 is 22.7 Å². The molecule has 178 valence electrons. The van der Waals surface area contributed by atoms with E-state index in [1.54, 1.807) is 30.0 Å². The maximum absolute atomic E-state index is 12.6. The summed E-state index contributed by atoms with van der Waals surface area (Å²) in [4.78, 5) is 29.2. The van der Waals surface area contributed by atoms with E-state index in [0.29, 0.717) is 18.8 Å². The predicted octanol–water partition coefficient (Wildman–Crippen LogP) is 2.81. The Balaban J connectivity index is 1.59. The number of sulfonamides is 1. The smallest absolute Gasteiger partial charge is 0.338 e. The molecule has 9 heteroatoms. The Morgan fingerprint density at radius 2 is 1.64 bits per heavy atom. The molecule has 1 heterocycles.